The van der Waals surface area contributed by atoms with Gasteiger partial charge in [-0.15, -0.1) is 0 Å². The van der Waals surface area contributed by atoms with Gasteiger partial charge in [-0.1, -0.05) is 18.2 Å². The maximum atomic E-state index is 13.4. The van der Waals surface area contributed by atoms with Gasteiger partial charge in [0.25, 0.3) is 11.8 Å². The van der Waals surface area contributed by atoms with Gasteiger partial charge in [0.15, 0.2) is 11.5 Å². The lowest BCUT2D eigenvalue weighted by Gasteiger charge is -2.37. The predicted octanol–water partition coefficient (Wildman–Crippen LogP) is 2.69. The van der Waals surface area contributed by atoms with Crippen LogP contribution in [0.25, 0.3) is 0 Å². The van der Waals surface area contributed by atoms with Crippen LogP contribution >= 0.6 is 0 Å². The minimum atomic E-state index is -0.620. The Labute approximate surface area is 198 Å². The molecule has 0 saturated carbocycles. The number of ether oxygens (including phenoxy) is 2. The number of hydrogen-bond donors (Lipinski definition) is 1. The van der Waals surface area contributed by atoms with Crippen LogP contribution in [-0.2, 0) is 4.79 Å². The van der Waals surface area contributed by atoms with Crippen LogP contribution in [0.1, 0.15) is 46.4 Å². The lowest BCUT2D eigenvalue weighted by molar-refractivity contribution is -0.134. The molecule has 2 aromatic rings. The number of rotatable bonds is 5. The fraction of sp³-hybridized carbons (Fsp3) is 0.423. The van der Waals surface area contributed by atoms with Crippen LogP contribution in [0.2, 0.25) is 0 Å². The molecule has 3 amide bonds. The molecule has 1 atom stereocenters. The second kappa shape index (κ2) is 9.75. The molecule has 1 N–H and O–H groups in total. The average Bonchev–Trinajstić information content (AvgIpc) is 3.59. The third kappa shape index (κ3) is 4.58. The van der Waals surface area contributed by atoms with Crippen molar-refractivity contribution in [1.82, 2.24) is 15.1 Å². The Bertz CT molecular complexity index is 1060. The van der Waals surface area contributed by atoms with Crippen molar-refractivity contribution in [3.05, 3.63) is 59.7 Å². The van der Waals surface area contributed by atoms with Crippen LogP contribution in [0, 0.1) is 5.92 Å². The van der Waals surface area contributed by atoms with E-state index in [1.165, 1.54) is 0 Å². The Balaban J connectivity index is 1.29. The van der Waals surface area contributed by atoms with Crippen molar-refractivity contribution in [2.45, 2.75) is 31.7 Å². The first-order valence-corrected chi connectivity index (χ1v) is 11.9. The summed E-state index contributed by atoms with van der Waals surface area (Å²) in [5.74, 6) is 0.773. The van der Waals surface area contributed by atoms with Gasteiger partial charge in [-0.3, -0.25) is 14.4 Å². The van der Waals surface area contributed by atoms with Gasteiger partial charge < -0.3 is 24.6 Å². The number of benzene rings is 2. The summed E-state index contributed by atoms with van der Waals surface area (Å²) in [7, 11) is 0. The average molecular weight is 464 g/mol. The van der Waals surface area contributed by atoms with E-state index in [0.29, 0.717) is 48.6 Å². The Morgan fingerprint density at radius 3 is 2.26 bits per heavy atom. The third-order valence-electron chi connectivity index (χ3n) is 6.92. The first-order valence-electron chi connectivity index (χ1n) is 11.9. The summed E-state index contributed by atoms with van der Waals surface area (Å²) in [5, 5.41) is 3.02. The Hall–Kier alpha value is -3.55. The maximum absolute atomic E-state index is 13.4. The molecule has 8 nitrogen and oxygen atoms in total. The standard InChI is InChI=1S/C26H29N3O5/c30-24(20-8-9-21-22(16-20)34-17-33-21)27-23(26(32)28-12-4-5-13-28)18-10-14-29(15-11-18)25(31)19-6-2-1-3-7-19/h1-3,6-9,16,18,23H,4-5,10-15,17H2,(H,27,30)/t23-/m0/s1. The lowest BCUT2D eigenvalue weighted by atomic mass is 9.88. The third-order valence-corrected chi connectivity index (χ3v) is 6.92. The number of likely N-dealkylation sites (tertiary alicyclic amines) is 2. The molecule has 3 aliphatic rings. The van der Waals surface area contributed by atoms with Gasteiger partial charge in [-0.2, -0.15) is 0 Å². The highest BCUT2D eigenvalue weighted by Gasteiger charge is 2.37. The van der Waals surface area contributed by atoms with E-state index in [1.54, 1.807) is 18.2 Å². The van der Waals surface area contributed by atoms with Crippen molar-refractivity contribution >= 4 is 17.7 Å². The van der Waals surface area contributed by atoms with Crippen molar-refractivity contribution in [2.24, 2.45) is 5.92 Å². The predicted molar refractivity (Wildman–Crippen MR) is 125 cm³/mol. The molecule has 0 spiro atoms. The van der Waals surface area contributed by atoms with E-state index >= 15 is 0 Å². The zero-order chi connectivity index (χ0) is 23.5. The van der Waals surface area contributed by atoms with Crippen molar-refractivity contribution < 1.29 is 23.9 Å². The molecule has 0 aromatic heterocycles. The summed E-state index contributed by atoms with van der Waals surface area (Å²) >= 11 is 0. The van der Waals surface area contributed by atoms with E-state index in [2.05, 4.69) is 5.32 Å². The Morgan fingerprint density at radius 1 is 0.824 bits per heavy atom. The smallest absolute Gasteiger partial charge is 0.253 e. The van der Waals surface area contributed by atoms with E-state index in [1.807, 2.05) is 40.1 Å². The van der Waals surface area contributed by atoms with E-state index < -0.39 is 6.04 Å². The minimum Gasteiger partial charge on any atom is -0.454 e. The largest absolute Gasteiger partial charge is 0.454 e. The van der Waals surface area contributed by atoms with Crippen LogP contribution < -0.4 is 14.8 Å². The van der Waals surface area contributed by atoms with Gasteiger partial charge in [0.05, 0.1) is 0 Å². The van der Waals surface area contributed by atoms with E-state index in [9.17, 15) is 14.4 Å². The highest BCUT2D eigenvalue weighted by molar-refractivity contribution is 5.98. The Kier molecular flexibility index (Phi) is 6.38. The number of hydrogen-bond acceptors (Lipinski definition) is 5. The van der Waals surface area contributed by atoms with Crippen molar-refractivity contribution in [1.29, 1.82) is 0 Å². The number of amides is 3. The van der Waals surface area contributed by atoms with Crippen LogP contribution in [0.15, 0.2) is 48.5 Å². The second-order valence-corrected chi connectivity index (χ2v) is 9.05. The molecule has 0 aliphatic carbocycles. The number of carbonyl (C=O) groups is 3. The fourth-order valence-electron chi connectivity index (χ4n) is 4.98. The normalized spacial score (nSPS) is 18.6. The first-order chi connectivity index (χ1) is 16.6. The molecule has 3 heterocycles. The maximum Gasteiger partial charge on any atom is 0.253 e. The summed E-state index contributed by atoms with van der Waals surface area (Å²) in [6.45, 7) is 2.70. The number of nitrogens with zero attached hydrogens (tertiary/aromatic N) is 2. The number of fused-ring (bicyclic) bond motifs is 1. The monoisotopic (exact) mass is 463 g/mol. The Morgan fingerprint density at radius 2 is 1.53 bits per heavy atom. The van der Waals surface area contributed by atoms with Gasteiger partial charge in [0.1, 0.15) is 6.04 Å². The van der Waals surface area contributed by atoms with Crippen molar-refractivity contribution in [2.75, 3.05) is 33.0 Å². The molecular formula is C26H29N3O5. The van der Waals surface area contributed by atoms with Crippen molar-refractivity contribution in [3.63, 3.8) is 0 Å². The summed E-state index contributed by atoms with van der Waals surface area (Å²) in [4.78, 5) is 43.1. The van der Waals surface area contributed by atoms with Gasteiger partial charge in [0.2, 0.25) is 12.7 Å². The summed E-state index contributed by atoms with van der Waals surface area (Å²) in [6, 6.07) is 13.7. The highest BCUT2D eigenvalue weighted by atomic mass is 16.7. The SMILES string of the molecule is O=C(N[C@H](C(=O)N1CCCC1)C1CCN(C(=O)c2ccccc2)CC1)c1ccc2c(c1)OCO2. The first kappa shape index (κ1) is 22.3. The molecule has 0 radical (unpaired) electrons. The molecule has 2 aromatic carbocycles. The molecule has 2 saturated heterocycles. The van der Waals surface area contributed by atoms with E-state index in [4.69, 9.17) is 9.47 Å². The minimum absolute atomic E-state index is 0.00543. The fourth-order valence-corrected chi connectivity index (χ4v) is 4.98. The highest BCUT2D eigenvalue weighted by Crippen LogP contribution is 2.33. The number of carbonyl (C=O) groups excluding carboxylic acids is 3. The summed E-state index contributed by atoms with van der Waals surface area (Å²) in [6.07, 6.45) is 3.28. The molecule has 34 heavy (non-hydrogen) atoms. The second-order valence-electron chi connectivity index (χ2n) is 9.05. The van der Waals surface area contributed by atoms with E-state index in [-0.39, 0.29) is 30.4 Å². The summed E-state index contributed by atoms with van der Waals surface area (Å²) < 4.78 is 10.7. The molecule has 8 heteroatoms. The van der Waals surface area contributed by atoms with Gasteiger partial charge in [0, 0.05) is 37.3 Å². The van der Waals surface area contributed by atoms with Crippen LogP contribution in [0.4, 0.5) is 0 Å². The molecular weight excluding hydrogens is 434 g/mol. The molecule has 3 aliphatic heterocycles. The molecule has 5 rings (SSSR count). The van der Waals surface area contributed by atoms with Crippen LogP contribution in [0.3, 0.4) is 0 Å². The molecule has 0 unspecified atom stereocenters. The zero-order valence-corrected chi connectivity index (χ0v) is 19.1. The van der Waals surface area contributed by atoms with Gasteiger partial charge in [-0.05, 0) is 61.9 Å². The summed E-state index contributed by atoms with van der Waals surface area (Å²) in [5.41, 5.74) is 1.10. The molecule has 178 valence electrons. The number of nitrogens with one attached hydrogen (secondary N) is 1. The quantitative estimate of drug-likeness (QED) is 0.737. The van der Waals surface area contributed by atoms with Crippen LogP contribution in [-0.4, -0.2) is 66.5 Å². The topological polar surface area (TPSA) is 88.2 Å². The number of piperidine rings is 1. The van der Waals surface area contributed by atoms with Gasteiger partial charge in [-0.25, -0.2) is 0 Å². The molecule has 0 bridgehead atoms. The lowest BCUT2D eigenvalue weighted by Crippen LogP contribution is -2.54. The van der Waals surface area contributed by atoms with Crippen LogP contribution in [0.5, 0.6) is 11.5 Å². The van der Waals surface area contributed by atoms with E-state index in [0.717, 1.165) is 25.9 Å². The zero-order valence-electron chi connectivity index (χ0n) is 19.1. The van der Waals surface area contributed by atoms with Crippen molar-refractivity contribution in [3.8, 4) is 11.5 Å². The van der Waals surface area contributed by atoms with Gasteiger partial charge >= 0.3 is 0 Å². The molecule has 2 fully saturated rings.